The van der Waals surface area contributed by atoms with Crippen molar-refractivity contribution in [3.63, 3.8) is 0 Å². The Morgan fingerprint density at radius 2 is 2.06 bits per heavy atom. The third-order valence-corrected chi connectivity index (χ3v) is 2.97. The predicted octanol–water partition coefficient (Wildman–Crippen LogP) is 1.61. The molecule has 17 heavy (non-hydrogen) atoms. The zero-order valence-corrected chi connectivity index (χ0v) is 9.41. The third kappa shape index (κ3) is 2.13. The molecule has 0 bridgehead atoms. The van der Waals surface area contributed by atoms with Gasteiger partial charge < -0.3 is 4.74 Å². The molecule has 0 aliphatic heterocycles. The van der Waals surface area contributed by atoms with Crippen LogP contribution in [0.15, 0.2) is 30.3 Å². The first-order valence-electron chi connectivity index (χ1n) is 5.52. The van der Waals surface area contributed by atoms with Gasteiger partial charge >= 0.3 is 5.97 Å². The first kappa shape index (κ1) is 11.6. The molecule has 0 saturated heterocycles. The summed E-state index contributed by atoms with van der Waals surface area (Å²) in [6.45, 7) is 1.94. The molecule has 3 unspecified atom stereocenters. The van der Waals surface area contributed by atoms with E-state index in [4.69, 9.17) is 4.74 Å². The van der Waals surface area contributed by atoms with Crippen molar-refractivity contribution in [2.75, 3.05) is 6.61 Å². The van der Waals surface area contributed by atoms with Gasteiger partial charge in [-0.2, -0.15) is 0 Å². The molecule has 1 aliphatic rings. The maximum Gasteiger partial charge on any atom is 0.316 e. The number of nitrogens with zero attached hydrogens (tertiary/aromatic N) is 1. The van der Waals surface area contributed by atoms with Gasteiger partial charge in [-0.1, -0.05) is 30.3 Å². The van der Waals surface area contributed by atoms with E-state index >= 15 is 0 Å². The second kappa shape index (κ2) is 4.53. The van der Waals surface area contributed by atoms with Crippen LogP contribution < -0.4 is 0 Å². The lowest BCUT2D eigenvalue weighted by molar-refractivity contribution is -0.498. The van der Waals surface area contributed by atoms with Gasteiger partial charge in [-0.05, 0) is 12.5 Å². The van der Waals surface area contributed by atoms with Gasteiger partial charge in [-0.25, -0.2) is 0 Å². The SMILES string of the molecule is CCOC(=O)C1C(c2ccccc2)C1[N+](=O)[O-]. The van der Waals surface area contributed by atoms with E-state index in [0.717, 1.165) is 5.56 Å². The minimum Gasteiger partial charge on any atom is -0.466 e. The number of hydrogen-bond acceptors (Lipinski definition) is 4. The van der Waals surface area contributed by atoms with Crippen molar-refractivity contribution in [1.29, 1.82) is 0 Å². The van der Waals surface area contributed by atoms with Crippen molar-refractivity contribution in [2.45, 2.75) is 18.9 Å². The highest BCUT2D eigenvalue weighted by molar-refractivity contribution is 5.79. The lowest BCUT2D eigenvalue weighted by atomic mass is 10.1. The smallest absolute Gasteiger partial charge is 0.316 e. The normalized spacial score (nSPS) is 26.3. The summed E-state index contributed by atoms with van der Waals surface area (Å²) >= 11 is 0. The number of nitro groups is 1. The van der Waals surface area contributed by atoms with Crippen LogP contribution in [0.4, 0.5) is 0 Å². The Bertz CT molecular complexity index is 431. The second-order valence-electron chi connectivity index (χ2n) is 3.99. The maximum absolute atomic E-state index is 11.6. The van der Waals surface area contributed by atoms with Crippen LogP contribution in [0.3, 0.4) is 0 Å². The molecule has 0 heterocycles. The van der Waals surface area contributed by atoms with Gasteiger partial charge in [0, 0.05) is 4.92 Å². The minimum absolute atomic E-state index is 0.251. The van der Waals surface area contributed by atoms with E-state index in [1.807, 2.05) is 18.2 Å². The van der Waals surface area contributed by atoms with Gasteiger partial charge in [-0.3, -0.25) is 14.9 Å². The Morgan fingerprint density at radius 1 is 1.41 bits per heavy atom. The van der Waals surface area contributed by atoms with E-state index in [1.165, 1.54) is 0 Å². The molecule has 2 rings (SSSR count). The summed E-state index contributed by atoms with van der Waals surface area (Å²) in [5.41, 5.74) is 0.826. The Balaban J connectivity index is 2.18. The van der Waals surface area contributed by atoms with Gasteiger partial charge in [-0.15, -0.1) is 0 Å². The monoisotopic (exact) mass is 235 g/mol. The van der Waals surface area contributed by atoms with Crippen LogP contribution in [0.2, 0.25) is 0 Å². The van der Waals surface area contributed by atoms with Crippen molar-refractivity contribution in [3.8, 4) is 0 Å². The lowest BCUT2D eigenvalue weighted by Gasteiger charge is -1.98. The van der Waals surface area contributed by atoms with Crippen LogP contribution in [0.25, 0.3) is 0 Å². The van der Waals surface area contributed by atoms with E-state index in [0.29, 0.717) is 0 Å². The highest BCUT2D eigenvalue weighted by atomic mass is 16.6. The number of rotatable bonds is 4. The third-order valence-electron chi connectivity index (χ3n) is 2.97. The van der Waals surface area contributed by atoms with Gasteiger partial charge in [0.05, 0.1) is 12.5 Å². The molecule has 1 saturated carbocycles. The topological polar surface area (TPSA) is 69.4 Å². The standard InChI is InChI=1S/C12H13NO4/c1-2-17-12(14)10-9(11(10)13(15)16)8-6-4-3-5-7-8/h3-7,9-11H,2H2,1H3. The van der Waals surface area contributed by atoms with Crippen LogP contribution >= 0.6 is 0 Å². The van der Waals surface area contributed by atoms with Gasteiger partial charge in [0.15, 0.2) is 0 Å². The van der Waals surface area contributed by atoms with E-state index in [2.05, 4.69) is 0 Å². The van der Waals surface area contributed by atoms with Crippen LogP contribution in [0.5, 0.6) is 0 Å². The quantitative estimate of drug-likeness (QED) is 0.451. The molecule has 1 fully saturated rings. The maximum atomic E-state index is 11.6. The first-order chi connectivity index (χ1) is 8.16. The minimum atomic E-state index is -0.837. The summed E-state index contributed by atoms with van der Waals surface area (Å²) < 4.78 is 4.85. The molecule has 1 aromatic rings. The van der Waals surface area contributed by atoms with Crippen molar-refractivity contribution in [2.24, 2.45) is 5.92 Å². The summed E-state index contributed by atoms with van der Waals surface area (Å²) in [6.07, 6.45) is 0. The summed E-state index contributed by atoms with van der Waals surface area (Å²) in [7, 11) is 0. The molecule has 0 radical (unpaired) electrons. The van der Waals surface area contributed by atoms with Crippen molar-refractivity contribution >= 4 is 5.97 Å². The molecule has 1 aromatic carbocycles. The average molecular weight is 235 g/mol. The average Bonchev–Trinajstić information content (AvgIpc) is 3.06. The van der Waals surface area contributed by atoms with Crippen LogP contribution in [-0.4, -0.2) is 23.5 Å². The Hall–Kier alpha value is -1.91. The predicted molar refractivity (Wildman–Crippen MR) is 60.1 cm³/mol. The summed E-state index contributed by atoms with van der Waals surface area (Å²) in [5, 5.41) is 10.9. The number of carbonyl (C=O) groups excluding carboxylic acids is 1. The first-order valence-corrected chi connectivity index (χ1v) is 5.52. The van der Waals surface area contributed by atoms with Crippen molar-refractivity contribution in [1.82, 2.24) is 0 Å². The summed E-state index contributed by atoms with van der Waals surface area (Å²) in [5.74, 6) is -1.44. The van der Waals surface area contributed by atoms with E-state index < -0.39 is 17.9 Å². The fraction of sp³-hybridized carbons (Fsp3) is 0.417. The molecule has 0 amide bonds. The molecule has 0 N–H and O–H groups in total. The lowest BCUT2D eigenvalue weighted by Crippen LogP contribution is -2.13. The molecular formula is C12H13NO4. The molecule has 0 spiro atoms. The van der Waals surface area contributed by atoms with Crippen LogP contribution in [-0.2, 0) is 9.53 Å². The molecule has 3 atom stereocenters. The molecule has 1 aliphatic carbocycles. The second-order valence-corrected chi connectivity index (χ2v) is 3.99. The number of carbonyl (C=O) groups is 1. The van der Waals surface area contributed by atoms with E-state index in [1.54, 1.807) is 19.1 Å². The van der Waals surface area contributed by atoms with E-state index in [-0.39, 0.29) is 17.4 Å². The van der Waals surface area contributed by atoms with Gasteiger partial charge in [0.25, 0.3) is 0 Å². The molecule has 90 valence electrons. The summed E-state index contributed by atoms with van der Waals surface area (Å²) in [6, 6.07) is 8.24. The highest BCUT2D eigenvalue weighted by Gasteiger charge is 2.66. The molecule has 5 heteroatoms. The fourth-order valence-corrected chi connectivity index (χ4v) is 2.16. The largest absolute Gasteiger partial charge is 0.466 e. The van der Waals surface area contributed by atoms with Gasteiger partial charge in [0.1, 0.15) is 5.92 Å². The van der Waals surface area contributed by atoms with Gasteiger partial charge in [0.2, 0.25) is 6.04 Å². The number of esters is 1. The van der Waals surface area contributed by atoms with Crippen molar-refractivity contribution in [3.05, 3.63) is 46.0 Å². The number of ether oxygens (including phenoxy) is 1. The molecular weight excluding hydrogens is 222 g/mol. The number of benzene rings is 1. The van der Waals surface area contributed by atoms with E-state index in [9.17, 15) is 14.9 Å². The molecule has 0 aromatic heterocycles. The number of hydrogen-bond donors (Lipinski definition) is 0. The Kier molecular flexibility index (Phi) is 3.08. The molecule has 5 nitrogen and oxygen atoms in total. The van der Waals surface area contributed by atoms with Crippen molar-refractivity contribution < 1.29 is 14.5 Å². The Labute approximate surface area is 98.5 Å². The zero-order valence-electron chi connectivity index (χ0n) is 9.41. The Morgan fingerprint density at radius 3 is 2.59 bits per heavy atom. The van der Waals surface area contributed by atoms with Crippen LogP contribution in [0, 0.1) is 16.0 Å². The summed E-state index contributed by atoms with van der Waals surface area (Å²) in [4.78, 5) is 22.0. The zero-order chi connectivity index (χ0) is 12.4. The highest BCUT2D eigenvalue weighted by Crippen LogP contribution is 2.50. The van der Waals surface area contributed by atoms with Crippen LogP contribution in [0.1, 0.15) is 18.4 Å². The fourth-order valence-electron chi connectivity index (χ4n) is 2.16.